The van der Waals surface area contributed by atoms with Crippen LogP contribution in [-0.2, 0) is 0 Å². The molecular formula is C26H30ClNO4. The van der Waals surface area contributed by atoms with E-state index < -0.39 is 10.2 Å². The molecule has 2 aliphatic carbocycles. The van der Waals surface area contributed by atoms with Gasteiger partial charge in [0.05, 0.1) is 23.1 Å². The van der Waals surface area contributed by atoms with Crippen molar-refractivity contribution in [1.29, 1.82) is 0 Å². The number of benzene rings is 1. The third-order valence-corrected chi connectivity index (χ3v) is 5.34. The maximum Gasteiger partial charge on any atom is 0.192 e. The van der Waals surface area contributed by atoms with Crippen LogP contribution in [0.25, 0.3) is 6.08 Å². The van der Waals surface area contributed by atoms with Gasteiger partial charge in [-0.15, -0.1) is 10.2 Å². The second kappa shape index (κ2) is 10.9. The molecule has 0 N–H and O–H groups in total. The summed E-state index contributed by atoms with van der Waals surface area (Å²) in [6, 6.07) is 8.61. The van der Waals surface area contributed by atoms with Crippen molar-refractivity contribution in [2.24, 2.45) is 11.8 Å². The zero-order valence-electron chi connectivity index (χ0n) is 19.4. The molecule has 1 atom stereocenters. The molecule has 1 aromatic carbocycles. The lowest BCUT2D eigenvalue weighted by Crippen LogP contribution is -2.68. The van der Waals surface area contributed by atoms with Gasteiger partial charge in [-0.05, 0) is 61.3 Å². The predicted octanol–water partition coefficient (Wildman–Crippen LogP) is 1.78. The van der Waals surface area contributed by atoms with Crippen molar-refractivity contribution >= 4 is 11.8 Å². The number of fused-ring (bicyclic) bond motifs is 1. The number of rotatable bonds is 4. The normalized spacial score (nSPS) is 19.3. The zero-order chi connectivity index (χ0) is 24.1. The monoisotopic (exact) mass is 455 g/mol. The number of hydrogen-bond acceptors (Lipinski definition) is 5. The van der Waals surface area contributed by atoms with Gasteiger partial charge in [-0.3, -0.25) is 0 Å². The van der Waals surface area contributed by atoms with E-state index in [1.807, 2.05) is 0 Å². The molecule has 6 heteroatoms. The van der Waals surface area contributed by atoms with Crippen molar-refractivity contribution < 1.29 is 28.9 Å². The molecule has 3 rings (SSSR count). The van der Waals surface area contributed by atoms with Gasteiger partial charge in [0.25, 0.3) is 0 Å². The summed E-state index contributed by atoms with van der Waals surface area (Å²) in [5.41, 5.74) is 9.09. The van der Waals surface area contributed by atoms with Crippen LogP contribution in [0.5, 0.6) is 0 Å². The van der Waals surface area contributed by atoms with E-state index in [0.29, 0.717) is 11.8 Å². The number of anilines is 1. The van der Waals surface area contributed by atoms with E-state index in [2.05, 4.69) is 113 Å². The van der Waals surface area contributed by atoms with Gasteiger partial charge in [0, 0.05) is 31.4 Å². The third-order valence-electron chi connectivity index (χ3n) is 5.34. The summed E-state index contributed by atoms with van der Waals surface area (Å²) in [6.45, 7) is 8.93. The van der Waals surface area contributed by atoms with Gasteiger partial charge in [-0.2, -0.15) is 0 Å². The van der Waals surface area contributed by atoms with Gasteiger partial charge in [-0.1, -0.05) is 38.1 Å². The van der Waals surface area contributed by atoms with E-state index in [-0.39, 0.29) is 0 Å². The first-order valence-corrected chi connectivity index (χ1v) is 11.6. The summed E-state index contributed by atoms with van der Waals surface area (Å²) < 4.78 is 34.0. The molecule has 170 valence electrons. The molecule has 0 aromatic heterocycles. The van der Waals surface area contributed by atoms with Crippen molar-refractivity contribution in [2.75, 3.05) is 19.0 Å². The van der Waals surface area contributed by atoms with Crippen LogP contribution in [0.4, 0.5) is 5.69 Å². The van der Waals surface area contributed by atoms with Crippen LogP contribution in [0.3, 0.4) is 0 Å². The molecule has 0 saturated heterocycles. The van der Waals surface area contributed by atoms with Crippen molar-refractivity contribution in [2.45, 2.75) is 27.7 Å². The van der Waals surface area contributed by atoms with Crippen molar-refractivity contribution in [3.63, 3.8) is 0 Å². The second-order valence-corrected chi connectivity index (χ2v) is 9.10. The van der Waals surface area contributed by atoms with Crippen LogP contribution >= 0.6 is 0 Å². The second-order valence-electron chi connectivity index (χ2n) is 8.34. The smallest absolute Gasteiger partial charge is 0.192 e. The van der Waals surface area contributed by atoms with E-state index in [0.717, 1.165) is 0 Å². The van der Waals surface area contributed by atoms with E-state index in [9.17, 15) is 0 Å². The summed E-state index contributed by atoms with van der Waals surface area (Å²) >= 11 is 0. The SMILES string of the molecule is CC1=[C+]C(=CC=Cc2ccc(N(C)C)cc2)C2=C(C)C=CC(C(C)C)=CC12.[O-][Cl+3]([O-])([O-])[O-]. The molecular weight excluding hydrogens is 426 g/mol. The summed E-state index contributed by atoms with van der Waals surface area (Å²) in [4.78, 5) is 2.12. The molecule has 0 amide bonds. The van der Waals surface area contributed by atoms with Crippen LogP contribution in [0.15, 0.2) is 82.5 Å². The fourth-order valence-electron chi connectivity index (χ4n) is 3.62. The zero-order valence-corrected chi connectivity index (χ0v) is 20.1. The highest BCUT2D eigenvalue weighted by atomic mass is 35.7. The van der Waals surface area contributed by atoms with E-state index in [4.69, 9.17) is 18.6 Å². The Hall–Kier alpha value is -2.50. The van der Waals surface area contributed by atoms with Gasteiger partial charge < -0.3 is 4.90 Å². The lowest BCUT2D eigenvalue weighted by Gasteiger charge is -2.17. The first-order valence-electron chi connectivity index (χ1n) is 10.4. The minimum absolute atomic E-state index is 0.358. The van der Waals surface area contributed by atoms with Gasteiger partial charge in [0.15, 0.2) is 5.57 Å². The van der Waals surface area contributed by atoms with Gasteiger partial charge in [0.2, 0.25) is 0 Å². The Morgan fingerprint density at radius 3 is 2.12 bits per heavy atom. The molecule has 0 aliphatic heterocycles. The van der Waals surface area contributed by atoms with Crippen LogP contribution < -0.4 is 23.5 Å². The maximum absolute atomic E-state index is 8.49. The summed E-state index contributed by atoms with van der Waals surface area (Å²) in [6.07, 6.45) is 17.1. The minimum atomic E-state index is -4.94. The van der Waals surface area contributed by atoms with Gasteiger partial charge >= 0.3 is 0 Å². The van der Waals surface area contributed by atoms with Gasteiger partial charge in [-0.25, -0.2) is 18.6 Å². The molecule has 0 bridgehead atoms. The Morgan fingerprint density at radius 1 is 1.00 bits per heavy atom. The Kier molecular flexibility index (Phi) is 8.76. The lowest BCUT2D eigenvalue weighted by atomic mass is 9.90. The molecule has 0 fully saturated rings. The fraction of sp³-hybridized carbons (Fsp3) is 0.308. The molecule has 2 aliphatic rings. The molecule has 0 radical (unpaired) electrons. The van der Waals surface area contributed by atoms with E-state index in [1.54, 1.807) is 0 Å². The quantitative estimate of drug-likeness (QED) is 0.645. The van der Waals surface area contributed by atoms with Crippen LogP contribution in [0, 0.1) is 28.2 Å². The lowest BCUT2D eigenvalue weighted by molar-refractivity contribution is -2.00. The average molecular weight is 456 g/mol. The van der Waals surface area contributed by atoms with Crippen LogP contribution in [0.2, 0.25) is 0 Å². The standard InChI is InChI=1S/C26H30N.ClHO4/c1-18(2)22-13-10-19(3)26-23(16-20(4)25(26)17-22)9-7-8-21-11-14-24(15-12-21)27(5)6;2-1(3,4)5/h7-15,17-18,25H,1-6H3;(H,2,3,4,5)/q+1;/p-1. The molecule has 0 saturated carbocycles. The third kappa shape index (κ3) is 7.57. The number of halogens is 1. The highest BCUT2D eigenvalue weighted by Gasteiger charge is 2.35. The average Bonchev–Trinajstić information content (AvgIpc) is 2.87. The first kappa shape index (κ1) is 25.8. The molecule has 32 heavy (non-hydrogen) atoms. The Balaban J connectivity index is 0.000000654. The van der Waals surface area contributed by atoms with Crippen molar-refractivity contribution in [3.05, 3.63) is 94.2 Å². The summed E-state index contributed by atoms with van der Waals surface area (Å²) in [5, 5.41) is 0. The van der Waals surface area contributed by atoms with Crippen molar-refractivity contribution in [3.8, 4) is 0 Å². The minimum Gasteiger partial charge on any atom is -0.378 e. The van der Waals surface area contributed by atoms with Crippen molar-refractivity contribution in [1.82, 2.24) is 0 Å². The predicted molar refractivity (Wildman–Crippen MR) is 119 cm³/mol. The van der Waals surface area contributed by atoms with E-state index >= 15 is 0 Å². The fourth-order valence-corrected chi connectivity index (χ4v) is 3.62. The molecule has 0 heterocycles. The Labute approximate surface area is 193 Å². The van der Waals surface area contributed by atoms with Crippen LogP contribution in [0.1, 0.15) is 33.3 Å². The number of nitrogens with zero attached hydrogens (tertiary/aromatic N) is 1. The molecule has 1 unspecified atom stereocenters. The largest absolute Gasteiger partial charge is 0.378 e. The molecule has 5 nitrogen and oxygen atoms in total. The Bertz CT molecular complexity index is 982. The number of allylic oxidation sites excluding steroid dienone is 11. The maximum atomic E-state index is 8.49. The molecule has 0 spiro atoms. The van der Waals surface area contributed by atoms with Crippen LogP contribution in [-0.4, -0.2) is 14.1 Å². The van der Waals surface area contributed by atoms with E-state index in [1.165, 1.54) is 39.1 Å². The first-order chi connectivity index (χ1) is 14.9. The van der Waals surface area contributed by atoms with Gasteiger partial charge in [0.1, 0.15) is 0 Å². The molecule has 1 aromatic rings. The number of hydrogen-bond donors (Lipinski definition) is 0. The summed E-state index contributed by atoms with van der Waals surface area (Å²) in [7, 11) is -0.820. The highest BCUT2D eigenvalue weighted by molar-refractivity contribution is 5.61. The highest BCUT2D eigenvalue weighted by Crippen LogP contribution is 2.41. The Morgan fingerprint density at radius 2 is 1.59 bits per heavy atom. The summed E-state index contributed by atoms with van der Waals surface area (Å²) in [5.74, 6) is 0.899. The topological polar surface area (TPSA) is 95.5 Å².